The van der Waals surface area contributed by atoms with E-state index < -0.39 is 0 Å². The highest BCUT2D eigenvalue weighted by Crippen LogP contribution is 2.23. The van der Waals surface area contributed by atoms with Crippen LogP contribution in [0.4, 0.5) is 0 Å². The Kier molecular flexibility index (Phi) is 6.22. The van der Waals surface area contributed by atoms with Crippen LogP contribution in [0.15, 0.2) is 35.5 Å². The van der Waals surface area contributed by atoms with Crippen LogP contribution in [0.2, 0.25) is 0 Å². The van der Waals surface area contributed by atoms with Gasteiger partial charge in [-0.05, 0) is 25.6 Å². The Bertz CT molecular complexity index is 365. The summed E-state index contributed by atoms with van der Waals surface area (Å²) < 4.78 is 0. The van der Waals surface area contributed by atoms with E-state index in [0.29, 0.717) is 6.42 Å². The van der Waals surface area contributed by atoms with Crippen molar-refractivity contribution in [3.8, 4) is 0 Å². The van der Waals surface area contributed by atoms with Gasteiger partial charge in [0, 0.05) is 12.5 Å². The van der Waals surface area contributed by atoms with Crippen molar-refractivity contribution in [1.82, 2.24) is 4.90 Å². The molecule has 0 saturated carbocycles. The maximum Gasteiger partial charge on any atom is 0.141 e. The van der Waals surface area contributed by atoms with Crippen molar-refractivity contribution in [2.75, 3.05) is 13.6 Å². The molecule has 0 heterocycles. The van der Waals surface area contributed by atoms with Gasteiger partial charge in [-0.2, -0.15) is 0 Å². The number of nitrogens with zero attached hydrogens (tertiary/aromatic N) is 2. The average molecular weight is 249 g/mol. The summed E-state index contributed by atoms with van der Waals surface area (Å²) >= 11 is 0. The number of hydrogen-bond donors (Lipinski definition) is 2. The second-order valence-corrected chi connectivity index (χ2v) is 4.56. The van der Waals surface area contributed by atoms with Gasteiger partial charge in [0.15, 0.2) is 0 Å². The van der Waals surface area contributed by atoms with Crippen molar-refractivity contribution in [3.63, 3.8) is 0 Å². The summed E-state index contributed by atoms with van der Waals surface area (Å²) in [7, 11) is 2.08. The molecule has 1 aromatic carbocycles. The van der Waals surface area contributed by atoms with E-state index in [9.17, 15) is 0 Å². The number of amidine groups is 1. The molecule has 0 spiro atoms. The first-order chi connectivity index (χ1) is 8.69. The second-order valence-electron chi connectivity index (χ2n) is 4.56. The van der Waals surface area contributed by atoms with E-state index in [0.717, 1.165) is 19.4 Å². The van der Waals surface area contributed by atoms with E-state index in [1.54, 1.807) is 0 Å². The third-order valence-corrected chi connectivity index (χ3v) is 3.11. The van der Waals surface area contributed by atoms with Crippen LogP contribution in [0.5, 0.6) is 0 Å². The van der Waals surface area contributed by atoms with Gasteiger partial charge >= 0.3 is 0 Å². The fourth-order valence-electron chi connectivity index (χ4n) is 2.01. The number of rotatable bonds is 7. The van der Waals surface area contributed by atoms with Crippen LogP contribution < -0.4 is 5.73 Å². The van der Waals surface area contributed by atoms with E-state index in [4.69, 9.17) is 10.9 Å². The van der Waals surface area contributed by atoms with Gasteiger partial charge in [0.2, 0.25) is 0 Å². The molecule has 4 nitrogen and oxygen atoms in total. The summed E-state index contributed by atoms with van der Waals surface area (Å²) in [5.74, 6) is 0.271. The zero-order valence-electron chi connectivity index (χ0n) is 11.2. The minimum Gasteiger partial charge on any atom is -0.409 e. The SMILES string of the molecule is CCCCN(C)C(CC(N)=NO)c1ccccc1. The fourth-order valence-corrected chi connectivity index (χ4v) is 2.01. The van der Waals surface area contributed by atoms with Crippen LogP contribution in [0.1, 0.15) is 37.8 Å². The lowest BCUT2D eigenvalue weighted by atomic mass is 10.0. The van der Waals surface area contributed by atoms with Crippen LogP contribution in [0.25, 0.3) is 0 Å². The molecule has 3 N–H and O–H groups in total. The predicted molar refractivity (Wildman–Crippen MR) is 74.7 cm³/mol. The minimum atomic E-state index is 0.161. The zero-order valence-corrected chi connectivity index (χ0v) is 11.2. The van der Waals surface area contributed by atoms with E-state index in [-0.39, 0.29) is 11.9 Å². The summed E-state index contributed by atoms with van der Waals surface area (Å²) in [6.45, 7) is 3.18. The summed E-state index contributed by atoms with van der Waals surface area (Å²) in [5, 5.41) is 11.8. The number of unbranched alkanes of at least 4 members (excludes halogenated alkanes) is 1. The summed E-state index contributed by atoms with van der Waals surface area (Å²) in [5.41, 5.74) is 6.85. The first-order valence-corrected chi connectivity index (χ1v) is 6.40. The van der Waals surface area contributed by atoms with Crippen LogP contribution in [0, 0.1) is 0 Å². The van der Waals surface area contributed by atoms with Crippen molar-refractivity contribution >= 4 is 5.84 Å². The van der Waals surface area contributed by atoms with Crippen molar-refractivity contribution < 1.29 is 5.21 Å². The Morgan fingerprint density at radius 1 is 1.39 bits per heavy atom. The minimum absolute atomic E-state index is 0.161. The van der Waals surface area contributed by atoms with Crippen molar-refractivity contribution in [1.29, 1.82) is 0 Å². The maximum atomic E-state index is 8.73. The summed E-state index contributed by atoms with van der Waals surface area (Å²) in [6.07, 6.45) is 2.85. The van der Waals surface area contributed by atoms with Crippen LogP contribution in [-0.2, 0) is 0 Å². The Balaban J connectivity index is 2.81. The topological polar surface area (TPSA) is 61.8 Å². The molecule has 1 unspecified atom stereocenters. The Morgan fingerprint density at radius 3 is 2.61 bits per heavy atom. The Labute approximate surface area is 109 Å². The number of oxime groups is 1. The van der Waals surface area contributed by atoms with Crippen molar-refractivity contribution in [2.45, 2.75) is 32.2 Å². The molecule has 0 bridgehead atoms. The Hall–Kier alpha value is -1.55. The molecule has 0 saturated heterocycles. The monoisotopic (exact) mass is 249 g/mol. The summed E-state index contributed by atoms with van der Waals surface area (Å²) in [6, 6.07) is 10.4. The average Bonchev–Trinajstić information content (AvgIpc) is 2.42. The molecule has 0 fully saturated rings. The van der Waals surface area contributed by atoms with Gasteiger partial charge in [-0.3, -0.25) is 4.90 Å². The summed E-state index contributed by atoms with van der Waals surface area (Å²) in [4.78, 5) is 2.26. The van der Waals surface area contributed by atoms with Crippen LogP contribution in [-0.4, -0.2) is 29.5 Å². The molecular weight excluding hydrogens is 226 g/mol. The van der Waals surface area contributed by atoms with Gasteiger partial charge in [-0.25, -0.2) is 0 Å². The zero-order chi connectivity index (χ0) is 13.4. The molecule has 4 heteroatoms. The molecule has 0 radical (unpaired) electrons. The lowest BCUT2D eigenvalue weighted by Crippen LogP contribution is -2.29. The van der Waals surface area contributed by atoms with Crippen molar-refractivity contribution in [2.24, 2.45) is 10.9 Å². The normalized spacial score (nSPS) is 13.8. The lowest BCUT2D eigenvalue weighted by Gasteiger charge is -2.28. The third kappa shape index (κ3) is 4.37. The van der Waals surface area contributed by atoms with E-state index >= 15 is 0 Å². The largest absolute Gasteiger partial charge is 0.409 e. The van der Waals surface area contributed by atoms with E-state index in [2.05, 4.69) is 36.2 Å². The molecule has 0 aromatic heterocycles. The van der Waals surface area contributed by atoms with Gasteiger partial charge in [-0.15, -0.1) is 0 Å². The highest BCUT2D eigenvalue weighted by atomic mass is 16.4. The van der Waals surface area contributed by atoms with Crippen LogP contribution in [0.3, 0.4) is 0 Å². The highest BCUT2D eigenvalue weighted by Gasteiger charge is 2.18. The maximum absolute atomic E-state index is 8.73. The number of hydrogen-bond acceptors (Lipinski definition) is 3. The predicted octanol–water partition coefficient (Wildman–Crippen LogP) is 2.60. The Morgan fingerprint density at radius 2 is 2.06 bits per heavy atom. The number of nitrogens with two attached hydrogens (primary N) is 1. The van der Waals surface area contributed by atoms with Gasteiger partial charge in [0.05, 0.1) is 0 Å². The smallest absolute Gasteiger partial charge is 0.141 e. The van der Waals surface area contributed by atoms with Gasteiger partial charge in [0.1, 0.15) is 5.84 Å². The second kappa shape index (κ2) is 7.71. The molecule has 1 rings (SSSR count). The molecule has 1 atom stereocenters. The fraction of sp³-hybridized carbons (Fsp3) is 0.500. The first-order valence-electron chi connectivity index (χ1n) is 6.40. The highest BCUT2D eigenvalue weighted by molar-refractivity contribution is 5.80. The molecule has 0 aliphatic rings. The standard InChI is InChI=1S/C14H23N3O/c1-3-4-10-17(2)13(11-14(15)16-18)12-8-6-5-7-9-12/h5-9,13,18H,3-4,10-11H2,1-2H3,(H2,15,16). The van der Waals surface area contributed by atoms with Crippen LogP contribution >= 0.6 is 0 Å². The molecule has 18 heavy (non-hydrogen) atoms. The number of benzene rings is 1. The van der Waals surface area contributed by atoms with Crippen molar-refractivity contribution in [3.05, 3.63) is 35.9 Å². The lowest BCUT2D eigenvalue weighted by molar-refractivity contribution is 0.243. The van der Waals surface area contributed by atoms with Gasteiger partial charge in [0.25, 0.3) is 0 Å². The molecule has 1 aromatic rings. The quantitative estimate of drug-likeness (QED) is 0.338. The molecule has 0 aliphatic heterocycles. The molecule has 0 aliphatic carbocycles. The molecule has 0 amide bonds. The first kappa shape index (κ1) is 14.5. The van der Waals surface area contributed by atoms with E-state index in [1.807, 2.05) is 18.2 Å². The van der Waals surface area contributed by atoms with Gasteiger partial charge in [-0.1, -0.05) is 48.8 Å². The molecule has 100 valence electrons. The third-order valence-electron chi connectivity index (χ3n) is 3.11. The van der Waals surface area contributed by atoms with Gasteiger partial charge < -0.3 is 10.9 Å². The van der Waals surface area contributed by atoms with E-state index in [1.165, 1.54) is 5.56 Å². The molecular formula is C14H23N3O.